The van der Waals surface area contributed by atoms with Gasteiger partial charge in [0.05, 0.1) is 25.3 Å². The van der Waals surface area contributed by atoms with Crippen LogP contribution >= 0.6 is 0 Å². The zero-order valence-electron chi connectivity index (χ0n) is 19.7. The highest BCUT2D eigenvalue weighted by atomic mass is 32.2. The van der Waals surface area contributed by atoms with Crippen LogP contribution in [0.5, 0.6) is 0 Å². The van der Waals surface area contributed by atoms with Crippen LogP contribution in [0.25, 0.3) is 5.57 Å². The molecular weight excluding hydrogens is 552 g/mol. The van der Waals surface area contributed by atoms with E-state index in [0.29, 0.717) is 11.1 Å². The quantitative estimate of drug-likeness (QED) is 0.293. The Morgan fingerprint density at radius 1 is 0.895 bits per heavy atom. The van der Waals surface area contributed by atoms with E-state index in [0.717, 1.165) is 18.2 Å². The predicted molar refractivity (Wildman–Crippen MR) is 142 cm³/mol. The van der Waals surface area contributed by atoms with E-state index in [-0.39, 0.29) is 22.5 Å². The SMILES string of the molecule is C=C1C=C(S(=O)(=O)O)C=CC1c1ccc(S(=O)(=O)c2ccccc2C2=CCC(N)(N)C=C2)cc1S(=O)(=O)O. The first-order valence-corrected chi connectivity index (χ1v) is 15.4. The van der Waals surface area contributed by atoms with E-state index in [9.17, 15) is 34.4 Å². The number of nitrogens with two attached hydrogens (primary N) is 2. The molecule has 0 amide bonds. The molecule has 38 heavy (non-hydrogen) atoms. The van der Waals surface area contributed by atoms with Crippen LogP contribution in [0.2, 0.25) is 0 Å². The third-order valence-electron chi connectivity index (χ3n) is 6.12. The average Bonchev–Trinajstić information content (AvgIpc) is 2.82. The van der Waals surface area contributed by atoms with E-state index in [4.69, 9.17) is 11.5 Å². The largest absolute Gasteiger partial charge is 0.310 e. The fourth-order valence-corrected chi connectivity index (χ4v) is 7.10. The lowest BCUT2D eigenvalue weighted by molar-refractivity contribution is 0.481. The van der Waals surface area contributed by atoms with Crippen LogP contribution in [0.1, 0.15) is 23.5 Å². The molecule has 0 fully saturated rings. The summed E-state index contributed by atoms with van der Waals surface area (Å²) in [5.41, 5.74) is 11.7. The summed E-state index contributed by atoms with van der Waals surface area (Å²) in [5.74, 6) is -0.924. The fourth-order valence-electron chi connectivity index (χ4n) is 4.20. The van der Waals surface area contributed by atoms with Crippen molar-refractivity contribution in [3.05, 3.63) is 107 Å². The highest BCUT2D eigenvalue weighted by molar-refractivity contribution is 7.91. The van der Waals surface area contributed by atoms with Gasteiger partial charge in [-0.05, 0) is 53.1 Å². The molecule has 13 heteroatoms. The molecule has 0 saturated heterocycles. The summed E-state index contributed by atoms with van der Waals surface area (Å²) in [6.07, 6.45) is 8.53. The number of benzene rings is 2. The summed E-state index contributed by atoms with van der Waals surface area (Å²) >= 11 is 0. The summed E-state index contributed by atoms with van der Waals surface area (Å²) in [6, 6.07) is 9.39. The van der Waals surface area contributed by atoms with E-state index in [1.54, 1.807) is 30.4 Å². The Hall–Kier alpha value is -3.17. The van der Waals surface area contributed by atoms with Crippen LogP contribution in [0.15, 0.2) is 111 Å². The lowest BCUT2D eigenvalue weighted by atomic mass is 9.89. The second kappa shape index (κ2) is 9.54. The molecule has 6 N–H and O–H groups in total. The smallest absolute Gasteiger partial charge is 0.294 e. The van der Waals surface area contributed by atoms with Crippen LogP contribution in [0.4, 0.5) is 0 Å². The molecule has 2 aromatic rings. The summed E-state index contributed by atoms with van der Waals surface area (Å²) < 4.78 is 94.2. The minimum absolute atomic E-state index is 0.0354. The normalized spacial score (nSPS) is 19.7. The zero-order chi connectivity index (χ0) is 28.1. The monoisotopic (exact) mass is 576 g/mol. The lowest BCUT2D eigenvalue weighted by Gasteiger charge is -2.23. The Morgan fingerprint density at radius 3 is 2.16 bits per heavy atom. The van der Waals surface area contributed by atoms with Crippen molar-refractivity contribution in [2.24, 2.45) is 11.5 Å². The van der Waals surface area contributed by atoms with Crippen LogP contribution < -0.4 is 11.5 Å². The Kier molecular flexibility index (Phi) is 6.99. The fraction of sp³-hybridized carbons (Fsp3) is 0.120. The van der Waals surface area contributed by atoms with Gasteiger partial charge in [-0.25, -0.2) is 8.42 Å². The van der Waals surface area contributed by atoms with Crippen molar-refractivity contribution in [2.75, 3.05) is 0 Å². The first kappa shape index (κ1) is 27.9. The van der Waals surface area contributed by atoms with E-state index in [1.165, 1.54) is 30.3 Å². The third-order valence-corrected chi connectivity index (χ3v) is 9.69. The van der Waals surface area contributed by atoms with Gasteiger partial charge in [-0.1, -0.05) is 49.1 Å². The first-order chi connectivity index (χ1) is 17.5. The van der Waals surface area contributed by atoms with Gasteiger partial charge in [-0.15, -0.1) is 0 Å². The molecule has 0 saturated carbocycles. The second-order valence-corrected chi connectivity index (χ2v) is 13.6. The van der Waals surface area contributed by atoms with Gasteiger partial charge >= 0.3 is 0 Å². The molecule has 4 rings (SSSR count). The maximum atomic E-state index is 13.7. The number of rotatable bonds is 6. The van der Waals surface area contributed by atoms with Crippen LogP contribution in [-0.2, 0) is 30.1 Å². The summed E-state index contributed by atoms with van der Waals surface area (Å²) in [5, 5.41) is 0. The molecule has 200 valence electrons. The molecule has 0 radical (unpaired) electrons. The molecule has 10 nitrogen and oxygen atoms in total. The van der Waals surface area contributed by atoms with Gasteiger partial charge in [0, 0.05) is 17.9 Å². The second-order valence-electron chi connectivity index (χ2n) is 8.92. The predicted octanol–water partition coefficient (Wildman–Crippen LogP) is 2.70. The highest BCUT2D eigenvalue weighted by Gasteiger charge is 2.30. The Balaban J connectivity index is 1.82. The van der Waals surface area contributed by atoms with E-state index < -0.39 is 56.4 Å². The van der Waals surface area contributed by atoms with Crippen LogP contribution in [-0.4, -0.2) is 40.0 Å². The average molecular weight is 577 g/mol. The minimum Gasteiger partial charge on any atom is -0.310 e. The van der Waals surface area contributed by atoms with E-state index >= 15 is 0 Å². The van der Waals surface area contributed by atoms with Crippen molar-refractivity contribution >= 4 is 35.6 Å². The molecule has 0 bridgehead atoms. The summed E-state index contributed by atoms with van der Waals surface area (Å²) in [7, 11) is -13.8. The Labute approximate surface area is 220 Å². The molecule has 1 atom stereocenters. The molecule has 2 aliphatic rings. The molecular formula is C25H24N2O8S3. The van der Waals surface area contributed by atoms with Gasteiger partial charge in [0.15, 0.2) is 0 Å². The number of sulfone groups is 1. The first-order valence-electron chi connectivity index (χ1n) is 11.0. The maximum Gasteiger partial charge on any atom is 0.294 e. The van der Waals surface area contributed by atoms with Crippen molar-refractivity contribution in [3.8, 4) is 0 Å². The molecule has 0 heterocycles. The van der Waals surface area contributed by atoms with Crippen molar-refractivity contribution in [3.63, 3.8) is 0 Å². The third kappa shape index (κ3) is 5.49. The van der Waals surface area contributed by atoms with Gasteiger partial charge in [-0.3, -0.25) is 9.11 Å². The van der Waals surface area contributed by atoms with Crippen molar-refractivity contribution in [1.29, 1.82) is 0 Å². The van der Waals surface area contributed by atoms with Gasteiger partial charge in [0.2, 0.25) is 9.84 Å². The standard InChI is InChI=1S/C25H24N2O8S3/c1-16-14-19(37(30,31)32)7-8-20(16)22-9-6-18(15-24(22)38(33,34)35)36(28,29)23-5-3-2-4-21(23)17-10-12-25(26,27)13-11-17/h2-12,14-15,20H,1,13,26-27H2,(H,30,31,32)(H,33,34,35). The van der Waals surface area contributed by atoms with Gasteiger partial charge < -0.3 is 11.5 Å². The Bertz CT molecular complexity index is 1800. The number of allylic oxidation sites excluding steroid dienone is 6. The molecule has 0 spiro atoms. The van der Waals surface area contributed by atoms with Crippen LogP contribution in [0, 0.1) is 0 Å². The van der Waals surface area contributed by atoms with Gasteiger partial charge in [0.25, 0.3) is 20.2 Å². The topological polar surface area (TPSA) is 195 Å². The zero-order valence-corrected chi connectivity index (χ0v) is 22.2. The number of hydrogen-bond donors (Lipinski definition) is 4. The maximum absolute atomic E-state index is 13.7. The van der Waals surface area contributed by atoms with Crippen molar-refractivity contribution < 1.29 is 34.4 Å². The van der Waals surface area contributed by atoms with Gasteiger partial charge in [-0.2, -0.15) is 16.8 Å². The highest BCUT2D eigenvalue weighted by Crippen LogP contribution is 2.38. The van der Waals surface area contributed by atoms with E-state index in [2.05, 4.69) is 6.58 Å². The molecule has 2 aromatic carbocycles. The molecule has 1 unspecified atom stereocenters. The Morgan fingerprint density at radius 2 is 1.58 bits per heavy atom. The molecule has 0 aromatic heterocycles. The summed E-state index contributed by atoms with van der Waals surface area (Å²) in [6.45, 7) is 3.72. The summed E-state index contributed by atoms with van der Waals surface area (Å²) in [4.78, 5) is -1.64. The number of hydrogen-bond acceptors (Lipinski definition) is 8. The minimum atomic E-state index is -4.93. The molecule has 2 aliphatic carbocycles. The lowest BCUT2D eigenvalue weighted by Crippen LogP contribution is -2.47. The van der Waals surface area contributed by atoms with Crippen molar-refractivity contribution in [1.82, 2.24) is 0 Å². The van der Waals surface area contributed by atoms with Gasteiger partial charge in [0.1, 0.15) is 0 Å². The van der Waals surface area contributed by atoms with Crippen LogP contribution in [0.3, 0.4) is 0 Å². The molecule has 0 aliphatic heterocycles. The van der Waals surface area contributed by atoms with E-state index in [1.807, 2.05) is 0 Å². The van der Waals surface area contributed by atoms with Crippen molar-refractivity contribution in [2.45, 2.75) is 32.7 Å².